The van der Waals surface area contributed by atoms with Crippen molar-refractivity contribution in [1.82, 2.24) is 0 Å². The van der Waals surface area contributed by atoms with Gasteiger partial charge in [-0.15, -0.1) is 0 Å². The standard InChI is InChI=1S/C7H6/c1-7-5-3-2-4-6-7/h2-5H,1H2/q+2. The molecule has 0 amide bonds. The van der Waals surface area contributed by atoms with Crippen LogP contribution in [0.2, 0.25) is 0 Å². The molecule has 0 bridgehead atoms. The largest absolute Gasteiger partial charge is 0.347 e. The lowest BCUT2D eigenvalue weighted by Gasteiger charge is -1.66. The van der Waals surface area contributed by atoms with Crippen LogP contribution in [0.5, 0.6) is 0 Å². The van der Waals surface area contributed by atoms with Crippen LogP contribution in [0.1, 0.15) is 0 Å². The van der Waals surface area contributed by atoms with Crippen molar-refractivity contribution >= 4 is 0 Å². The molecule has 1 aliphatic carbocycles. The van der Waals surface area contributed by atoms with Crippen LogP contribution in [0.4, 0.5) is 0 Å². The summed E-state index contributed by atoms with van der Waals surface area (Å²) in [6.45, 7) is 3.66. The molecule has 0 nitrogen and oxygen atoms in total. The van der Waals surface area contributed by atoms with Crippen LogP contribution in [0.25, 0.3) is 0 Å². The second-order valence-corrected chi connectivity index (χ2v) is 1.39. The van der Waals surface area contributed by atoms with Gasteiger partial charge in [-0.3, -0.25) is 0 Å². The summed E-state index contributed by atoms with van der Waals surface area (Å²) >= 11 is 0. The van der Waals surface area contributed by atoms with Crippen molar-refractivity contribution in [3.63, 3.8) is 0 Å². The van der Waals surface area contributed by atoms with Crippen molar-refractivity contribution < 1.29 is 0 Å². The molecule has 0 saturated heterocycles. The number of rotatable bonds is 0. The van der Waals surface area contributed by atoms with Crippen LogP contribution in [0.15, 0.2) is 29.9 Å². The minimum Gasteiger partial charge on any atom is 0.00322 e. The summed E-state index contributed by atoms with van der Waals surface area (Å²) in [5.74, 6) is 0. The van der Waals surface area contributed by atoms with E-state index >= 15 is 0 Å². The van der Waals surface area contributed by atoms with E-state index < -0.39 is 0 Å². The fourth-order valence-corrected chi connectivity index (χ4v) is 0.431. The van der Waals surface area contributed by atoms with Gasteiger partial charge in [0.15, 0.2) is 6.08 Å². The number of hydrogen-bond acceptors (Lipinski definition) is 0. The zero-order valence-corrected chi connectivity index (χ0v) is 4.02. The molecule has 0 aromatic heterocycles. The van der Waals surface area contributed by atoms with E-state index in [1.165, 1.54) is 0 Å². The maximum absolute atomic E-state index is 3.66. The maximum atomic E-state index is 3.66. The molecule has 0 aromatic carbocycles. The third kappa shape index (κ3) is 0.918. The van der Waals surface area contributed by atoms with Gasteiger partial charge in [0, 0.05) is 6.08 Å². The van der Waals surface area contributed by atoms with Crippen LogP contribution in [-0.2, 0) is 0 Å². The van der Waals surface area contributed by atoms with Gasteiger partial charge in [-0.05, 0) is 0 Å². The molecule has 0 fully saturated rings. The molecule has 0 aromatic rings. The molecule has 0 atom stereocenters. The minimum absolute atomic E-state index is 0.947. The van der Waals surface area contributed by atoms with Crippen LogP contribution < -0.4 is 0 Å². The highest BCUT2D eigenvalue weighted by Gasteiger charge is 2.04. The Morgan fingerprint density at radius 2 is 2.29 bits per heavy atom. The summed E-state index contributed by atoms with van der Waals surface area (Å²) in [7, 11) is 0. The molecule has 0 heteroatoms. The van der Waals surface area contributed by atoms with Gasteiger partial charge in [-0.25, -0.2) is 0 Å². The van der Waals surface area contributed by atoms with Crippen molar-refractivity contribution in [2.45, 2.75) is 0 Å². The zero-order chi connectivity index (χ0) is 5.11. The average Bonchev–Trinajstić information content (AvgIpc) is 1.69. The molecule has 7 heavy (non-hydrogen) atoms. The fourth-order valence-electron chi connectivity index (χ4n) is 0.431. The Morgan fingerprint density at radius 1 is 1.43 bits per heavy atom. The van der Waals surface area contributed by atoms with Gasteiger partial charge in [0.05, 0.1) is 6.08 Å². The molecular formula is C7H6+2. The van der Waals surface area contributed by atoms with Crippen LogP contribution in [0.3, 0.4) is 0 Å². The topological polar surface area (TPSA) is 0 Å². The summed E-state index contributed by atoms with van der Waals surface area (Å²) in [5, 5.41) is 0. The first-order valence-corrected chi connectivity index (χ1v) is 2.18. The van der Waals surface area contributed by atoms with Crippen LogP contribution >= 0.6 is 0 Å². The molecule has 0 unspecified atom stereocenters. The Labute approximate surface area is 43.9 Å². The highest BCUT2D eigenvalue weighted by atomic mass is 13.8. The van der Waals surface area contributed by atoms with Gasteiger partial charge in [-0.1, -0.05) is 0 Å². The van der Waals surface area contributed by atoms with Gasteiger partial charge < -0.3 is 0 Å². The first-order chi connectivity index (χ1) is 3.39. The molecule has 0 saturated carbocycles. The Balaban J connectivity index is 2.82. The Hall–Kier alpha value is -1.00. The smallest absolute Gasteiger partial charge is 0.00322 e. The van der Waals surface area contributed by atoms with Crippen molar-refractivity contribution in [3.05, 3.63) is 42.9 Å². The van der Waals surface area contributed by atoms with E-state index in [2.05, 4.69) is 13.0 Å². The number of allylic oxidation sites excluding steroid dienone is 6. The van der Waals surface area contributed by atoms with Crippen molar-refractivity contribution in [3.8, 4) is 0 Å². The Kier molecular flexibility index (Phi) is 0.972. The first-order valence-electron chi connectivity index (χ1n) is 2.18. The van der Waals surface area contributed by atoms with E-state index in [-0.39, 0.29) is 0 Å². The Morgan fingerprint density at radius 3 is 2.57 bits per heavy atom. The predicted octanol–water partition coefficient (Wildman–Crippen LogP) is 1.68. The Bertz CT molecular complexity index is 136. The van der Waals surface area contributed by atoms with Gasteiger partial charge in [0.25, 0.3) is 0 Å². The molecule has 0 N–H and O–H groups in total. The van der Waals surface area contributed by atoms with E-state index in [0.717, 1.165) is 5.57 Å². The van der Waals surface area contributed by atoms with E-state index in [1.807, 2.05) is 24.3 Å². The molecule has 1 rings (SSSR count). The molecule has 0 spiro atoms. The molecule has 0 aliphatic heterocycles. The average molecular weight is 90.1 g/mol. The highest BCUT2D eigenvalue weighted by Crippen LogP contribution is 1.97. The maximum Gasteiger partial charge on any atom is 0.347 e. The summed E-state index contributed by atoms with van der Waals surface area (Å²) < 4.78 is 0. The molecule has 0 heterocycles. The van der Waals surface area contributed by atoms with Gasteiger partial charge >= 0.3 is 5.57 Å². The first kappa shape index (κ1) is 4.17. The fraction of sp³-hybridized carbons (Fsp3) is 0. The predicted molar refractivity (Wildman–Crippen MR) is 30.4 cm³/mol. The summed E-state index contributed by atoms with van der Waals surface area (Å²) in [6.07, 6.45) is 10.6. The number of hydrogen-bond donors (Lipinski definition) is 0. The van der Waals surface area contributed by atoms with Gasteiger partial charge in [0.1, 0.15) is 13.0 Å². The second kappa shape index (κ2) is 1.63. The normalized spacial score (nSPS) is 15.7. The SMILES string of the molecule is [CH2+]C1=CC=CC=[C+]1. The quantitative estimate of drug-likeness (QED) is 0.397. The van der Waals surface area contributed by atoms with Crippen LogP contribution in [0, 0.1) is 13.0 Å². The van der Waals surface area contributed by atoms with E-state index in [0.29, 0.717) is 0 Å². The van der Waals surface area contributed by atoms with E-state index in [4.69, 9.17) is 0 Å². The van der Waals surface area contributed by atoms with Crippen molar-refractivity contribution in [2.75, 3.05) is 0 Å². The second-order valence-electron chi connectivity index (χ2n) is 1.39. The third-order valence-electron chi connectivity index (χ3n) is 0.773. The third-order valence-corrected chi connectivity index (χ3v) is 0.773. The van der Waals surface area contributed by atoms with Crippen molar-refractivity contribution in [1.29, 1.82) is 0 Å². The lowest BCUT2D eigenvalue weighted by atomic mass is 10.2. The summed E-state index contributed by atoms with van der Waals surface area (Å²) in [4.78, 5) is 0. The highest BCUT2D eigenvalue weighted by molar-refractivity contribution is 5.29. The molecule has 32 valence electrons. The lowest BCUT2D eigenvalue weighted by molar-refractivity contribution is 1.60. The van der Waals surface area contributed by atoms with Gasteiger partial charge in [0.2, 0.25) is 6.08 Å². The molecule has 0 radical (unpaired) electrons. The monoisotopic (exact) mass is 90.0 g/mol. The van der Waals surface area contributed by atoms with Gasteiger partial charge in [-0.2, -0.15) is 0 Å². The minimum atomic E-state index is 0.947. The van der Waals surface area contributed by atoms with E-state index in [9.17, 15) is 0 Å². The zero-order valence-electron chi connectivity index (χ0n) is 4.02. The molecular weight excluding hydrogens is 84.1 g/mol. The van der Waals surface area contributed by atoms with Crippen LogP contribution in [-0.4, -0.2) is 0 Å². The lowest BCUT2D eigenvalue weighted by Crippen LogP contribution is -1.70. The van der Waals surface area contributed by atoms with E-state index in [1.54, 1.807) is 0 Å². The summed E-state index contributed by atoms with van der Waals surface area (Å²) in [5.41, 5.74) is 0.947. The summed E-state index contributed by atoms with van der Waals surface area (Å²) in [6, 6.07) is 0. The van der Waals surface area contributed by atoms with Crippen molar-refractivity contribution in [2.24, 2.45) is 0 Å². The molecule has 1 aliphatic rings.